The van der Waals surface area contributed by atoms with E-state index < -0.39 is 0 Å². The molecule has 11 rings (SSSR count). The number of nitrogens with zero attached hydrogens (tertiary/aromatic N) is 1. The smallest absolute Gasteiger partial charge is 0.198 e. The molecule has 1 aliphatic heterocycles. The van der Waals surface area contributed by atoms with Gasteiger partial charge in [-0.15, -0.1) is 0 Å². The zero-order chi connectivity index (χ0) is 39.2. The van der Waals surface area contributed by atoms with Crippen molar-refractivity contribution in [3.63, 3.8) is 0 Å². The number of anilines is 2. The second-order valence-electron chi connectivity index (χ2n) is 19.1. The highest BCUT2D eigenvalue weighted by Gasteiger charge is 2.37. The standard InChI is InChI=1S/C53H47BN2O/c1-51(2,3)30-17-20-32(21-18-30)55-44-24-19-31(52(4,5)6)25-38(44)35-22-23-36-39-26-42-37(33-13-9-11-15-41(33)53(42,7)8)28-45(39)56-46-29-48-40(27-43(46)54-49(35)50(36)56)34-14-10-12-16-47(34)57-48/h9-29,54-55H,1-8H3. The Kier molecular flexibility index (Phi) is 6.94. The molecule has 2 aromatic heterocycles. The summed E-state index contributed by atoms with van der Waals surface area (Å²) in [6.07, 6.45) is 0. The molecule has 57 heavy (non-hydrogen) atoms. The first kappa shape index (κ1) is 34.3. The summed E-state index contributed by atoms with van der Waals surface area (Å²) in [7, 11) is 0.821. The Labute approximate surface area is 335 Å². The van der Waals surface area contributed by atoms with Crippen molar-refractivity contribution in [3.8, 4) is 27.9 Å². The lowest BCUT2D eigenvalue weighted by atomic mass is 9.59. The van der Waals surface area contributed by atoms with Crippen LogP contribution in [0.4, 0.5) is 11.4 Å². The molecule has 0 saturated carbocycles. The van der Waals surface area contributed by atoms with Gasteiger partial charge in [0.05, 0.1) is 5.52 Å². The third kappa shape index (κ3) is 4.99. The second-order valence-corrected chi connectivity index (χ2v) is 19.1. The predicted octanol–water partition coefficient (Wildman–Crippen LogP) is 12.7. The molecule has 0 spiro atoms. The van der Waals surface area contributed by atoms with Gasteiger partial charge in [0, 0.05) is 61.2 Å². The van der Waals surface area contributed by atoms with Gasteiger partial charge in [-0.2, -0.15) is 0 Å². The summed E-state index contributed by atoms with van der Waals surface area (Å²) in [5.41, 5.74) is 21.1. The van der Waals surface area contributed by atoms with Crippen LogP contribution in [0.1, 0.15) is 77.6 Å². The fourth-order valence-electron chi connectivity index (χ4n) is 9.95. The van der Waals surface area contributed by atoms with E-state index in [1.165, 1.54) is 88.3 Å². The average Bonchev–Trinajstić information content (AvgIpc) is 3.79. The van der Waals surface area contributed by atoms with Gasteiger partial charge in [-0.25, -0.2) is 0 Å². The molecule has 0 fully saturated rings. The molecular formula is C53H47BN2O. The number of hydrogen-bond acceptors (Lipinski definition) is 2. The van der Waals surface area contributed by atoms with Crippen LogP contribution in [0, 0.1) is 0 Å². The van der Waals surface area contributed by atoms with Crippen LogP contribution in [0.5, 0.6) is 0 Å². The minimum atomic E-state index is -0.0884. The monoisotopic (exact) mass is 738 g/mol. The first-order valence-electron chi connectivity index (χ1n) is 20.5. The first-order valence-corrected chi connectivity index (χ1v) is 20.5. The highest BCUT2D eigenvalue weighted by molar-refractivity contribution is 6.73. The Hall–Kier alpha value is -6.00. The van der Waals surface area contributed by atoms with Crippen LogP contribution in [0.15, 0.2) is 132 Å². The Morgan fingerprint density at radius 3 is 2.09 bits per heavy atom. The average molecular weight is 739 g/mol. The van der Waals surface area contributed by atoms with Gasteiger partial charge in [-0.05, 0) is 97.7 Å². The van der Waals surface area contributed by atoms with Gasteiger partial charge in [0.1, 0.15) is 11.2 Å². The van der Waals surface area contributed by atoms with Crippen LogP contribution >= 0.6 is 0 Å². The lowest BCUT2D eigenvalue weighted by Crippen LogP contribution is -2.37. The quantitative estimate of drug-likeness (QED) is 0.183. The van der Waals surface area contributed by atoms with Gasteiger partial charge in [0.25, 0.3) is 0 Å². The molecule has 3 heterocycles. The number of fused-ring (bicyclic) bond motifs is 11. The zero-order valence-electron chi connectivity index (χ0n) is 34.2. The molecule has 4 heteroatoms. The third-order valence-corrected chi connectivity index (χ3v) is 13.1. The molecule has 9 aromatic rings. The maximum Gasteiger partial charge on any atom is 0.198 e. The molecule has 1 aliphatic carbocycles. The zero-order valence-corrected chi connectivity index (χ0v) is 34.2. The van der Waals surface area contributed by atoms with Crippen LogP contribution < -0.4 is 16.2 Å². The summed E-state index contributed by atoms with van der Waals surface area (Å²) in [6.45, 7) is 18.5. The largest absolute Gasteiger partial charge is 0.456 e. The summed E-state index contributed by atoms with van der Waals surface area (Å²) in [6, 6.07) is 47.9. The maximum absolute atomic E-state index is 6.55. The summed E-state index contributed by atoms with van der Waals surface area (Å²) in [5.74, 6) is 0. The van der Waals surface area contributed by atoms with Crippen LogP contribution in [-0.4, -0.2) is 11.8 Å². The molecule has 0 saturated heterocycles. The molecular weight excluding hydrogens is 691 g/mol. The Bertz CT molecular complexity index is 3160. The maximum atomic E-state index is 6.55. The fourth-order valence-corrected chi connectivity index (χ4v) is 9.95. The molecule has 1 N–H and O–H groups in total. The topological polar surface area (TPSA) is 30.1 Å². The van der Waals surface area contributed by atoms with Crippen molar-refractivity contribution in [2.75, 3.05) is 5.32 Å². The van der Waals surface area contributed by atoms with Crippen molar-refractivity contribution in [3.05, 3.63) is 150 Å². The van der Waals surface area contributed by atoms with Crippen LogP contribution in [-0.2, 0) is 16.2 Å². The van der Waals surface area contributed by atoms with Gasteiger partial charge < -0.3 is 14.3 Å². The van der Waals surface area contributed by atoms with E-state index in [0.717, 1.165) is 35.2 Å². The number of nitrogens with one attached hydrogen (secondary N) is 1. The summed E-state index contributed by atoms with van der Waals surface area (Å²) in [4.78, 5) is 0. The Morgan fingerprint density at radius 1 is 0.561 bits per heavy atom. The first-order chi connectivity index (χ1) is 27.3. The molecule has 278 valence electrons. The number of aromatic nitrogens is 1. The van der Waals surface area contributed by atoms with Crippen molar-refractivity contribution in [2.45, 2.75) is 71.6 Å². The minimum absolute atomic E-state index is 0.0118. The molecule has 0 radical (unpaired) electrons. The third-order valence-electron chi connectivity index (χ3n) is 13.1. The van der Waals surface area contributed by atoms with E-state index in [1.807, 2.05) is 0 Å². The molecule has 0 atom stereocenters. The number of rotatable bonds is 3. The lowest BCUT2D eigenvalue weighted by molar-refractivity contribution is 0.590. The van der Waals surface area contributed by atoms with E-state index in [4.69, 9.17) is 4.42 Å². The van der Waals surface area contributed by atoms with Crippen molar-refractivity contribution >= 4 is 73.3 Å². The van der Waals surface area contributed by atoms with E-state index >= 15 is 0 Å². The van der Waals surface area contributed by atoms with E-state index in [1.54, 1.807) is 0 Å². The van der Waals surface area contributed by atoms with Gasteiger partial charge in [0.15, 0.2) is 7.28 Å². The van der Waals surface area contributed by atoms with Gasteiger partial charge in [-0.3, -0.25) is 0 Å². The van der Waals surface area contributed by atoms with Crippen molar-refractivity contribution < 1.29 is 4.42 Å². The van der Waals surface area contributed by atoms with E-state index in [0.29, 0.717) is 0 Å². The fraction of sp³-hybridized carbons (Fsp3) is 0.208. The van der Waals surface area contributed by atoms with Crippen molar-refractivity contribution in [1.82, 2.24) is 4.57 Å². The highest BCUT2D eigenvalue weighted by atomic mass is 16.3. The van der Waals surface area contributed by atoms with Gasteiger partial charge in [0.2, 0.25) is 0 Å². The molecule has 3 nitrogen and oxygen atoms in total. The van der Waals surface area contributed by atoms with Crippen LogP contribution in [0.2, 0.25) is 0 Å². The highest BCUT2D eigenvalue weighted by Crippen LogP contribution is 2.51. The van der Waals surface area contributed by atoms with Gasteiger partial charge >= 0.3 is 0 Å². The number of hydrogen-bond donors (Lipinski definition) is 1. The van der Waals surface area contributed by atoms with Gasteiger partial charge in [-0.1, -0.05) is 140 Å². The van der Waals surface area contributed by atoms with E-state index in [9.17, 15) is 0 Å². The van der Waals surface area contributed by atoms with E-state index in [2.05, 4.69) is 193 Å². The van der Waals surface area contributed by atoms with Crippen molar-refractivity contribution in [2.24, 2.45) is 0 Å². The Balaban J connectivity index is 1.20. The number of benzene rings is 7. The minimum Gasteiger partial charge on any atom is -0.456 e. The summed E-state index contributed by atoms with van der Waals surface area (Å²) < 4.78 is 9.12. The summed E-state index contributed by atoms with van der Waals surface area (Å²) >= 11 is 0. The number of furan rings is 1. The van der Waals surface area contributed by atoms with Crippen molar-refractivity contribution in [1.29, 1.82) is 0 Å². The van der Waals surface area contributed by atoms with Crippen LogP contribution in [0.3, 0.4) is 0 Å². The molecule has 0 amide bonds. The molecule has 2 aliphatic rings. The SMILES string of the molecule is CC(C)(C)c1ccc(Nc2ccc(C(C)(C)C)cc2-c2ccc3c4cc5c(cc4n4c3c2Bc2cc3c(cc2-4)oc2ccccc23)-c2ccccc2C5(C)C)cc1. The predicted molar refractivity (Wildman–Crippen MR) is 245 cm³/mol. The second kappa shape index (κ2) is 11.5. The molecule has 0 bridgehead atoms. The number of para-hydroxylation sites is 1. The Morgan fingerprint density at radius 2 is 1.30 bits per heavy atom. The normalized spacial score (nSPS) is 14.2. The molecule has 0 unspecified atom stereocenters. The lowest BCUT2D eigenvalue weighted by Gasteiger charge is -2.26. The molecule has 7 aromatic carbocycles. The van der Waals surface area contributed by atoms with E-state index in [-0.39, 0.29) is 16.2 Å². The summed E-state index contributed by atoms with van der Waals surface area (Å²) in [5, 5.41) is 8.81. The van der Waals surface area contributed by atoms with Crippen LogP contribution in [0.25, 0.3) is 71.7 Å².